The Morgan fingerprint density at radius 2 is 1.95 bits per heavy atom. The van der Waals surface area contributed by atoms with Crippen molar-refractivity contribution in [3.8, 4) is 5.75 Å². The normalized spacial score (nSPS) is 11.8. The van der Waals surface area contributed by atoms with Crippen molar-refractivity contribution < 1.29 is 4.43 Å². The van der Waals surface area contributed by atoms with Crippen LogP contribution in [0.4, 0.5) is 5.69 Å². The van der Waals surface area contributed by atoms with Crippen molar-refractivity contribution in [2.45, 2.75) is 33.0 Å². The monoisotopic (exact) mass is 298 g/mol. The van der Waals surface area contributed by atoms with Gasteiger partial charge in [-0.15, -0.1) is 0 Å². The molecule has 1 aromatic carbocycles. The molecule has 0 aliphatic rings. The first-order chi connectivity index (χ1) is 9.94. The summed E-state index contributed by atoms with van der Waals surface area (Å²) in [5, 5.41) is 0. The lowest BCUT2D eigenvalue weighted by atomic mass is 10.2. The highest BCUT2D eigenvalue weighted by atomic mass is 28.4. The van der Waals surface area contributed by atoms with Crippen molar-refractivity contribution in [1.29, 1.82) is 0 Å². The zero-order valence-electron chi connectivity index (χ0n) is 13.1. The van der Waals surface area contributed by atoms with Crippen molar-refractivity contribution >= 4 is 20.2 Å². The van der Waals surface area contributed by atoms with Crippen LogP contribution >= 0.6 is 0 Å². The minimum Gasteiger partial charge on any atom is -0.543 e. The zero-order valence-corrected chi connectivity index (χ0v) is 14.1. The van der Waals surface area contributed by atoms with Gasteiger partial charge in [0.2, 0.25) is 8.32 Å². The number of aryl methyl sites for hydroxylation is 1. The lowest BCUT2D eigenvalue weighted by Crippen LogP contribution is -2.29. The largest absolute Gasteiger partial charge is 0.543 e. The molecular weight excluding hydrogens is 276 g/mol. The van der Waals surface area contributed by atoms with Gasteiger partial charge in [-0.1, -0.05) is 12.1 Å². The Morgan fingerprint density at radius 1 is 1.19 bits per heavy atom. The summed E-state index contributed by atoms with van der Waals surface area (Å²) in [7, 11) is -1.63. The molecule has 1 heterocycles. The smallest absolute Gasteiger partial charge is 0.242 e. The molecule has 0 spiro atoms. The third-order valence-corrected chi connectivity index (χ3v) is 3.62. The summed E-state index contributed by atoms with van der Waals surface area (Å²) in [4.78, 5) is 8.88. The van der Waals surface area contributed by atoms with E-state index in [-0.39, 0.29) is 0 Å². The number of rotatable bonds is 5. The van der Waals surface area contributed by atoms with Crippen LogP contribution in [-0.2, 0) is 6.42 Å². The van der Waals surface area contributed by atoms with Gasteiger partial charge < -0.3 is 4.43 Å². The molecule has 0 unspecified atom stereocenters. The summed E-state index contributed by atoms with van der Waals surface area (Å²) in [5.74, 6) is 0.866. The number of aromatic nitrogens is 1. The Labute approximate surface area is 127 Å². The standard InChI is InChI=1S/C17H22N2OSi/c1-14-9-11-18-15(13-14)10-12-19-16-7-5-6-8-17(16)20-21(2,3)4/h5-9,11-13H,10H2,1-4H3. The van der Waals surface area contributed by atoms with Crippen molar-refractivity contribution in [1.82, 2.24) is 4.98 Å². The summed E-state index contributed by atoms with van der Waals surface area (Å²) in [6.07, 6.45) is 4.46. The van der Waals surface area contributed by atoms with Crippen LogP contribution in [0, 0.1) is 6.92 Å². The minimum absolute atomic E-state index is 0.725. The number of hydrogen-bond acceptors (Lipinski definition) is 3. The van der Waals surface area contributed by atoms with E-state index in [0.29, 0.717) is 0 Å². The van der Waals surface area contributed by atoms with E-state index >= 15 is 0 Å². The Hall–Kier alpha value is -1.94. The van der Waals surface area contributed by atoms with Crippen molar-refractivity contribution in [3.05, 3.63) is 53.9 Å². The third-order valence-electron chi connectivity index (χ3n) is 2.78. The van der Waals surface area contributed by atoms with Gasteiger partial charge in [-0.3, -0.25) is 9.98 Å². The molecule has 0 aliphatic carbocycles. The van der Waals surface area contributed by atoms with E-state index in [4.69, 9.17) is 4.43 Å². The fourth-order valence-corrected chi connectivity index (χ4v) is 2.76. The molecule has 110 valence electrons. The number of benzene rings is 1. The quantitative estimate of drug-likeness (QED) is 0.599. The molecule has 0 aliphatic heterocycles. The van der Waals surface area contributed by atoms with Gasteiger partial charge in [0, 0.05) is 24.5 Å². The van der Waals surface area contributed by atoms with Gasteiger partial charge in [-0.2, -0.15) is 0 Å². The molecule has 0 saturated carbocycles. The van der Waals surface area contributed by atoms with E-state index in [0.717, 1.165) is 23.6 Å². The van der Waals surface area contributed by atoms with E-state index in [1.807, 2.05) is 42.7 Å². The second kappa shape index (κ2) is 6.67. The molecule has 0 atom stereocenters. The number of pyridine rings is 1. The molecule has 0 amide bonds. The van der Waals surface area contributed by atoms with Crippen LogP contribution in [0.15, 0.2) is 47.6 Å². The average Bonchev–Trinajstić information content (AvgIpc) is 2.39. The molecule has 0 bridgehead atoms. The number of nitrogens with zero attached hydrogens (tertiary/aromatic N) is 2. The summed E-state index contributed by atoms with van der Waals surface area (Å²) in [6, 6.07) is 12.0. The maximum Gasteiger partial charge on any atom is 0.242 e. The van der Waals surface area contributed by atoms with E-state index in [2.05, 4.69) is 42.6 Å². The Kier molecular flexibility index (Phi) is 4.91. The van der Waals surface area contributed by atoms with Gasteiger partial charge in [0.15, 0.2) is 0 Å². The van der Waals surface area contributed by atoms with Crippen LogP contribution in [-0.4, -0.2) is 19.5 Å². The lowest BCUT2D eigenvalue weighted by molar-refractivity contribution is 0.559. The maximum atomic E-state index is 6.06. The third kappa shape index (κ3) is 5.15. The molecular formula is C17H22N2OSi. The maximum absolute atomic E-state index is 6.06. The van der Waals surface area contributed by atoms with Crippen molar-refractivity contribution in [2.24, 2.45) is 4.99 Å². The SMILES string of the molecule is Cc1ccnc(CC=Nc2ccccc2O[Si](C)(C)C)c1. The van der Waals surface area contributed by atoms with Gasteiger partial charge in [0.1, 0.15) is 11.4 Å². The Balaban J connectivity index is 2.10. The van der Waals surface area contributed by atoms with Crippen LogP contribution in [0.5, 0.6) is 5.75 Å². The Morgan fingerprint density at radius 3 is 2.67 bits per heavy atom. The lowest BCUT2D eigenvalue weighted by Gasteiger charge is -2.20. The molecule has 0 radical (unpaired) electrons. The fourth-order valence-electron chi connectivity index (χ4n) is 1.93. The van der Waals surface area contributed by atoms with Gasteiger partial charge in [-0.05, 0) is 56.4 Å². The molecule has 21 heavy (non-hydrogen) atoms. The van der Waals surface area contributed by atoms with Crippen LogP contribution in [0.3, 0.4) is 0 Å². The summed E-state index contributed by atoms with van der Waals surface area (Å²) >= 11 is 0. The number of para-hydroxylation sites is 2. The zero-order chi connectivity index (χ0) is 15.3. The van der Waals surface area contributed by atoms with E-state index in [1.165, 1.54) is 5.56 Å². The topological polar surface area (TPSA) is 34.5 Å². The first-order valence-electron chi connectivity index (χ1n) is 7.16. The van der Waals surface area contributed by atoms with Crippen LogP contribution < -0.4 is 4.43 Å². The number of aliphatic imine (C=N–C) groups is 1. The van der Waals surface area contributed by atoms with Gasteiger partial charge in [0.25, 0.3) is 0 Å². The Bertz CT molecular complexity index is 633. The molecule has 2 rings (SSSR count). The van der Waals surface area contributed by atoms with Crippen molar-refractivity contribution in [2.75, 3.05) is 0 Å². The van der Waals surface area contributed by atoms with E-state index in [9.17, 15) is 0 Å². The van der Waals surface area contributed by atoms with Crippen LogP contribution in [0.1, 0.15) is 11.3 Å². The molecule has 3 nitrogen and oxygen atoms in total. The van der Waals surface area contributed by atoms with E-state index in [1.54, 1.807) is 0 Å². The molecule has 1 aromatic heterocycles. The molecule has 0 N–H and O–H groups in total. The van der Waals surface area contributed by atoms with Gasteiger partial charge in [0.05, 0.1) is 0 Å². The predicted molar refractivity (Wildman–Crippen MR) is 91.2 cm³/mol. The molecule has 2 aromatic rings. The molecule has 4 heteroatoms. The molecule has 0 saturated heterocycles. The van der Waals surface area contributed by atoms with Gasteiger partial charge >= 0.3 is 0 Å². The average molecular weight is 298 g/mol. The number of hydrogen-bond donors (Lipinski definition) is 0. The summed E-state index contributed by atoms with van der Waals surface area (Å²) in [5.41, 5.74) is 3.13. The van der Waals surface area contributed by atoms with Crippen LogP contribution in [0.2, 0.25) is 19.6 Å². The first-order valence-corrected chi connectivity index (χ1v) is 10.6. The second-order valence-corrected chi connectivity index (χ2v) is 10.5. The molecule has 0 fully saturated rings. The van der Waals surface area contributed by atoms with E-state index < -0.39 is 8.32 Å². The predicted octanol–water partition coefficient (Wildman–Crippen LogP) is 4.55. The van der Waals surface area contributed by atoms with Crippen molar-refractivity contribution in [3.63, 3.8) is 0 Å². The highest BCUT2D eigenvalue weighted by Crippen LogP contribution is 2.28. The minimum atomic E-state index is -1.63. The van der Waals surface area contributed by atoms with Gasteiger partial charge in [-0.25, -0.2) is 0 Å². The van der Waals surface area contributed by atoms with Crippen LogP contribution in [0.25, 0.3) is 0 Å². The highest BCUT2D eigenvalue weighted by molar-refractivity contribution is 6.70. The summed E-state index contributed by atoms with van der Waals surface area (Å²) in [6.45, 7) is 8.58. The highest BCUT2D eigenvalue weighted by Gasteiger charge is 2.17. The second-order valence-electron chi connectivity index (χ2n) is 6.02. The summed E-state index contributed by atoms with van der Waals surface area (Å²) < 4.78 is 6.06. The first kappa shape index (κ1) is 15.4. The fraction of sp³-hybridized carbons (Fsp3) is 0.294.